The van der Waals surface area contributed by atoms with E-state index in [1.54, 1.807) is 6.07 Å². The Kier molecular flexibility index (Phi) is 4.51. The summed E-state index contributed by atoms with van der Waals surface area (Å²) in [6, 6.07) is 3.56. The minimum atomic E-state index is -0.0433. The lowest BCUT2D eigenvalue weighted by molar-refractivity contribution is -0.120. The van der Waals surface area contributed by atoms with E-state index in [1.807, 2.05) is 6.07 Å². The van der Waals surface area contributed by atoms with Gasteiger partial charge in [-0.1, -0.05) is 11.6 Å². The third-order valence-electron chi connectivity index (χ3n) is 3.57. The van der Waals surface area contributed by atoms with Crippen molar-refractivity contribution in [1.82, 2.24) is 5.32 Å². The van der Waals surface area contributed by atoms with E-state index in [0.717, 1.165) is 25.0 Å². The van der Waals surface area contributed by atoms with Crippen LogP contribution < -0.4 is 14.8 Å². The Morgan fingerprint density at radius 3 is 2.95 bits per heavy atom. The van der Waals surface area contributed by atoms with E-state index in [2.05, 4.69) is 5.32 Å². The number of halogens is 1. The Hall–Kier alpha value is -1.46. The van der Waals surface area contributed by atoms with Crippen molar-refractivity contribution in [3.8, 4) is 11.5 Å². The number of fused-ring (bicyclic) bond motifs is 1. The summed E-state index contributed by atoms with van der Waals surface area (Å²) in [5, 5.41) is 3.37. The monoisotopic (exact) mass is 311 g/mol. The molecule has 1 amide bonds. The smallest absolute Gasteiger partial charge is 0.224 e. The van der Waals surface area contributed by atoms with Gasteiger partial charge in [0, 0.05) is 13.2 Å². The van der Waals surface area contributed by atoms with Gasteiger partial charge in [-0.2, -0.15) is 0 Å². The molecule has 3 rings (SSSR count). The van der Waals surface area contributed by atoms with E-state index in [1.165, 1.54) is 0 Å². The number of hydrogen-bond acceptors (Lipinski definition) is 4. The fourth-order valence-electron chi connectivity index (χ4n) is 2.55. The summed E-state index contributed by atoms with van der Waals surface area (Å²) in [5.41, 5.74) is 0.814. The van der Waals surface area contributed by atoms with E-state index in [-0.39, 0.29) is 18.4 Å². The second-order valence-electron chi connectivity index (χ2n) is 5.22. The van der Waals surface area contributed by atoms with E-state index >= 15 is 0 Å². The molecule has 0 aromatic heterocycles. The molecule has 0 unspecified atom stereocenters. The average molecular weight is 312 g/mol. The van der Waals surface area contributed by atoms with Gasteiger partial charge < -0.3 is 19.5 Å². The van der Waals surface area contributed by atoms with Crippen molar-refractivity contribution in [3.05, 3.63) is 22.7 Å². The largest absolute Gasteiger partial charge is 0.486 e. The maximum absolute atomic E-state index is 12.0. The molecular weight excluding hydrogens is 294 g/mol. The maximum Gasteiger partial charge on any atom is 0.224 e. The second-order valence-corrected chi connectivity index (χ2v) is 5.62. The predicted molar refractivity (Wildman–Crippen MR) is 78.1 cm³/mol. The Morgan fingerprint density at radius 1 is 1.29 bits per heavy atom. The average Bonchev–Trinajstić information content (AvgIpc) is 2.98. The number of carbonyl (C=O) groups excluding carboxylic acids is 1. The zero-order valence-electron chi connectivity index (χ0n) is 11.7. The van der Waals surface area contributed by atoms with Crippen LogP contribution in [-0.2, 0) is 16.0 Å². The van der Waals surface area contributed by atoms with Gasteiger partial charge in [0.25, 0.3) is 0 Å². The number of hydrogen-bond donors (Lipinski definition) is 1. The molecule has 1 aromatic carbocycles. The molecule has 114 valence electrons. The van der Waals surface area contributed by atoms with Gasteiger partial charge in [0.1, 0.15) is 13.2 Å². The summed E-state index contributed by atoms with van der Waals surface area (Å²) >= 11 is 6.15. The molecule has 21 heavy (non-hydrogen) atoms. The number of amides is 1. The van der Waals surface area contributed by atoms with Crippen molar-refractivity contribution >= 4 is 17.5 Å². The molecule has 1 saturated heterocycles. The lowest BCUT2D eigenvalue weighted by Crippen LogP contribution is -2.32. The van der Waals surface area contributed by atoms with Crippen LogP contribution in [0.25, 0.3) is 0 Å². The fourth-order valence-corrected chi connectivity index (χ4v) is 2.84. The van der Waals surface area contributed by atoms with Crippen LogP contribution in [0.4, 0.5) is 0 Å². The van der Waals surface area contributed by atoms with Crippen molar-refractivity contribution in [2.24, 2.45) is 0 Å². The number of benzene rings is 1. The van der Waals surface area contributed by atoms with Crippen molar-refractivity contribution < 1.29 is 19.0 Å². The predicted octanol–water partition coefficient (Wildman–Crippen LogP) is 1.95. The highest BCUT2D eigenvalue weighted by atomic mass is 35.5. The molecule has 2 aliphatic rings. The van der Waals surface area contributed by atoms with Crippen molar-refractivity contribution in [2.45, 2.75) is 25.4 Å². The van der Waals surface area contributed by atoms with Gasteiger partial charge in [-0.15, -0.1) is 0 Å². The topological polar surface area (TPSA) is 56.8 Å². The maximum atomic E-state index is 12.0. The van der Waals surface area contributed by atoms with Gasteiger partial charge in [-0.25, -0.2) is 0 Å². The molecule has 0 aliphatic carbocycles. The third kappa shape index (κ3) is 3.60. The molecule has 0 bridgehead atoms. The molecule has 2 heterocycles. The molecule has 6 heteroatoms. The van der Waals surface area contributed by atoms with Gasteiger partial charge in [-0.05, 0) is 30.5 Å². The highest BCUT2D eigenvalue weighted by Gasteiger charge is 2.19. The summed E-state index contributed by atoms with van der Waals surface area (Å²) in [7, 11) is 0. The summed E-state index contributed by atoms with van der Waals surface area (Å²) in [4.78, 5) is 12.0. The van der Waals surface area contributed by atoms with E-state index < -0.39 is 0 Å². The summed E-state index contributed by atoms with van der Waals surface area (Å²) in [6.07, 6.45) is 2.50. The Bertz CT molecular complexity index is 529. The van der Waals surface area contributed by atoms with Crippen molar-refractivity contribution in [3.63, 3.8) is 0 Å². The Balaban J connectivity index is 1.59. The zero-order valence-corrected chi connectivity index (χ0v) is 12.4. The SMILES string of the molecule is O=C(Cc1cc(Cl)c2c(c1)OCCO2)NC[C@@H]1CCCO1. The first-order valence-electron chi connectivity index (χ1n) is 7.18. The first-order chi connectivity index (χ1) is 10.2. The molecule has 1 fully saturated rings. The highest BCUT2D eigenvalue weighted by molar-refractivity contribution is 6.32. The quantitative estimate of drug-likeness (QED) is 0.923. The second kappa shape index (κ2) is 6.54. The number of nitrogens with one attached hydrogen (secondary N) is 1. The first-order valence-corrected chi connectivity index (χ1v) is 7.56. The van der Waals surface area contributed by atoms with E-state index in [4.69, 9.17) is 25.8 Å². The van der Waals surface area contributed by atoms with Crippen LogP contribution in [0.5, 0.6) is 11.5 Å². The summed E-state index contributed by atoms with van der Waals surface area (Å²) in [5.74, 6) is 1.13. The van der Waals surface area contributed by atoms with Crippen LogP contribution in [-0.4, -0.2) is 38.4 Å². The Labute approximate surface area is 128 Å². The molecule has 0 spiro atoms. The standard InChI is InChI=1S/C15H18ClNO4/c16-12-6-10(7-13-15(12)21-5-4-20-13)8-14(18)17-9-11-2-1-3-19-11/h6-7,11H,1-5,8-9H2,(H,17,18)/t11-/m0/s1. The normalized spacial score (nSPS) is 20.3. The van der Waals surface area contributed by atoms with Gasteiger partial charge in [0.2, 0.25) is 5.91 Å². The molecule has 2 aliphatic heterocycles. The van der Waals surface area contributed by atoms with Crippen molar-refractivity contribution in [2.75, 3.05) is 26.4 Å². The molecular formula is C15H18ClNO4. The van der Waals surface area contributed by atoms with Gasteiger partial charge >= 0.3 is 0 Å². The van der Waals surface area contributed by atoms with Gasteiger partial charge in [0.15, 0.2) is 11.5 Å². The molecule has 1 atom stereocenters. The minimum absolute atomic E-state index is 0.0433. The number of ether oxygens (including phenoxy) is 3. The van der Waals surface area contributed by atoms with E-state index in [9.17, 15) is 4.79 Å². The lowest BCUT2D eigenvalue weighted by atomic mass is 10.1. The highest BCUT2D eigenvalue weighted by Crippen LogP contribution is 2.38. The first kappa shape index (κ1) is 14.5. The molecule has 1 aromatic rings. The van der Waals surface area contributed by atoms with Crippen LogP contribution in [0, 0.1) is 0 Å². The van der Waals surface area contributed by atoms with Crippen LogP contribution in [0.1, 0.15) is 18.4 Å². The molecule has 0 saturated carbocycles. The van der Waals surface area contributed by atoms with Crippen LogP contribution >= 0.6 is 11.6 Å². The fraction of sp³-hybridized carbons (Fsp3) is 0.533. The summed E-state index contributed by atoms with van der Waals surface area (Å²) in [6.45, 7) is 2.35. The third-order valence-corrected chi connectivity index (χ3v) is 3.85. The summed E-state index contributed by atoms with van der Waals surface area (Å²) < 4.78 is 16.4. The van der Waals surface area contributed by atoms with E-state index in [0.29, 0.717) is 36.3 Å². The number of carbonyl (C=O) groups is 1. The van der Waals surface area contributed by atoms with Crippen LogP contribution in [0.15, 0.2) is 12.1 Å². The molecule has 0 radical (unpaired) electrons. The molecule has 5 nitrogen and oxygen atoms in total. The van der Waals surface area contributed by atoms with Gasteiger partial charge in [0.05, 0.1) is 17.5 Å². The number of rotatable bonds is 4. The van der Waals surface area contributed by atoms with Gasteiger partial charge in [-0.3, -0.25) is 4.79 Å². The Morgan fingerprint density at radius 2 is 2.14 bits per heavy atom. The zero-order chi connectivity index (χ0) is 14.7. The van der Waals surface area contributed by atoms with Crippen LogP contribution in [0.2, 0.25) is 5.02 Å². The minimum Gasteiger partial charge on any atom is -0.486 e. The van der Waals surface area contributed by atoms with Crippen LogP contribution in [0.3, 0.4) is 0 Å². The lowest BCUT2D eigenvalue weighted by Gasteiger charge is -2.20. The molecule has 1 N–H and O–H groups in total. The van der Waals surface area contributed by atoms with Crippen molar-refractivity contribution in [1.29, 1.82) is 0 Å².